The molecule has 4 nitrogen and oxygen atoms in total. The van der Waals surface area contributed by atoms with E-state index >= 15 is 0 Å². The maximum absolute atomic E-state index is 9.83. The number of nitrogens with zero attached hydrogens (tertiary/aromatic N) is 2. The highest BCUT2D eigenvalue weighted by atomic mass is 16.1. The Hall–Kier alpha value is -0.930. The summed E-state index contributed by atoms with van der Waals surface area (Å²) in [6.07, 6.45) is 4.53. The van der Waals surface area contributed by atoms with Gasteiger partial charge in [-0.15, -0.1) is 0 Å². The van der Waals surface area contributed by atoms with Crippen LogP contribution in [0.1, 0.15) is 25.7 Å². The fourth-order valence-electron chi connectivity index (χ4n) is 0.645. The summed E-state index contributed by atoms with van der Waals surface area (Å²) in [5.41, 5.74) is 0. The maximum Gasteiger partial charge on any atom is 0.119 e. The van der Waals surface area contributed by atoms with E-state index in [0.29, 0.717) is 13.0 Å². The standard InChI is InChI=1S/C6H13N3O/c7-9-8-5-3-1-2-4-6-10/h6H,1-5H2,(H2,7,8). The quantitative estimate of drug-likeness (QED) is 0.199. The average molecular weight is 143 g/mol. The Bertz CT molecular complexity index is 103. The molecule has 0 atom stereocenters. The van der Waals surface area contributed by atoms with Crippen molar-refractivity contribution in [3.05, 3.63) is 0 Å². The number of carbonyl (C=O) groups excluding carboxylic acids is 1. The first-order valence-electron chi connectivity index (χ1n) is 3.42. The van der Waals surface area contributed by atoms with E-state index in [1.807, 2.05) is 0 Å². The molecule has 0 spiro atoms. The van der Waals surface area contributed by atoms with Gasteiger partial charge in [-0.25, -0.2) is 0 Å². The van der Waals surface area contributed by atoms with Crippen molar-refractivity contribution in [2.75, 3.05) is 6.54 Å². The van der Waals surface area contributed by atoms with Crippen molar-refractivity contribution in [2.45, 2.75) is 25.7 Å². The van der Waals surface area contributed by atoms with E-state index in [1.54, 1.807) is 0 Å². The van der Waals surface area contributed by atoms with Gasteiger partial charge in [0.2, 0.25) is 0 Å². The molecular formula is C6H13N3O. The second-order valence-electron chi connectivity index (χ2n) is 2.00. The first-order valence-corrected chi connectivity index (χ1v) is 3.42. The van der Waals surface area contributed by atoms with Crippen LogP contribution in [0, 0.1) is 0 Å². The summed E-state index contributed by atoms with van der Waals surface area (Å²) in [6.45, 7) is 0.676. The summed E-state index contributed by atoms with van der Waals surface area (Å²) in [4.78, 5) is 9.83. The van der Waals surface area contributed by atoms with Crippen molar-refractivity contribution in [1.29, 1.82) is 0 Å². The second kappa shape index (κ2) is 8.07. The average Bonchev–Trinajstić information content (AvgIpc) is 1.97. The van der Waals surface area contributed by atoms with Crippen LogP contribution in [0.15, 0.2) is 10.3 Å². The van der Waals surface area contributed by atoms with Gasteiger partial charge in [0.15, 0.2) is 0 Å². The van der Waals surface area contributed by atoms with Crippen LogP contribution in [0.25, 0.3) is 0 Å². The van der Waals surface area contributed by atoms with Gasteiger partial charge in [-0.1, -0.05) is 11.6 Å². The summed E-state index contributed by atoms with van der Waals surface area (Å²) in [6, 6.07) is 0. The van der Waals surface area contributed by atoms with Crippen molar-refractivity contribution < 1.29 is 4.79 Å². The van der Waals surface area contributed by atoms with E-state index in [0.717, 1.165) is 25.5 Å². The highest BCUT2D eigenvalue weighted by Crippen LogP contribution is 1.97. The molecule has 0 aliphatic rings. The van der Waals surface area contributed by atoms with Crippen LogP contribution in [0.5, 0.6) is 0 Å². The number of aldehydes is 1. The molecule has 0 unspecified atom stereocenters. The van der Waals surface area contributed by atoms with Crippen LogP contribution in [0.4, 0.5) is 0 Å². The van der Waals surface area contributed by atoms with Gasteiger partial charge in [-0.3, -0.25) is 0 Å². The molecule has 4 heteroatoms. The second-order valence-corrected chi connectivity index (χ2v) is 2.00. The third-order valence-electron chi connectivity index (χ3n) is 1.16. The molecule has 0 aromatic heterocycles. The lowest BCUT2D eigenvalue weighted by atomic mass is 10.2. The lowest BCUT2D eigenvalue weighted by Gasteiger charge is -1.91. The first-order chi connectivity index (χ1) is 4.91. The van der Waals surface area contributed by atoms with Crippen LogP contribution < -0.4 is 5.84 Å². The van der Waals surface area contributed by atoms with Crippen LogP contribution >= 0.6 is 0 Å². The van der Waals surface area contributed by atoms with Gasteiger partial charge in [0.25, 0.3) is 0 Å². The zero-order chi connectivity index (χ0) is 7.66. The Balaban J connectivity index is 2.83. The van der Waals surface area contributed by atoms with Gasteiger partial charge >= 0.3 is 0 Å². The van der Waals surface area contributed by atoms with Crippen LogP contribution in [0.3, 0.4) is 0 Å². The molecule has 0 aliphatic carbocycles. The zero-order valence-corrected chi connectivity index (χ0v) is 5.99. The molecule has 0 rings (SSSR count). The number of hydrogen-bond donors (Lipinski definition) is 1. The van der Waals surface area contributed by atoms with Gasteiger partial charge in [-0.05, 0) is 12.8 Å². The first kappa shape index (κ1) is 9.07. The summed E-state index contributed by atoms with van der Waals surface area (Å²) in [5.74, 6) is 4.77. The molecule has 58 valence electrons. The number of rotatable bonds is 6. The SMILES string of the molecule is NN=NCCCCCC=O. The zero-order valence-electron chi connectivity index (χ0n) is 5.99. The highest BCUT2D eigenvalue weighted by Gasteiger charge is 1.86. The van der Waals surface area contributed by atoms with Crippen LogP contribution in [-0.4, -0.2) is 12.8 Å². The minimum atomic E-state index is 0.653. The maximum atomic E-state index is 9.83. The molecule has 0 aromatic rings. The summed E-state index contributed by atoms with van der Waals surface area (Å²) in [7, 11) is 0. The minimum absolute atomic E-state index is 0.653. The number of unbranched alkanes of at least 4 members (excludes halogenated alkanes) is 3. The topological polar surface area (TPSA) is 67.8 Å². The lowest BCUT2D eigenvalue weighted by molar-refractivity contribution is -0.107. The molecule has 0 amide bonds. The Kier molecular flexibility index (Phi) is 7.32. The monoisotopic (exact) mass is 143 g/mol. The van der Waals surface area contributed by atoms with Gasteiger partial charge < -0.3 is 10.6 Å². The molecule has 0 radical (unpaired) electrons. The predicted molar refractivity (Wildman–Crippen MR) is 38.4 cm³/mol. The minimum Gasteiger partial charge on any atom is -0.305 e. The van der Waals surface area contributed by atoms with Gasteiger partial charge in [0.1, 0.15) is 6.29 Å². The molecular weight excluding hydrogens is 130 g/mol. The molecule has 0 aromatic carbocycles. The molecule has 0 heterocycles. The normalized spacial score (nSPS) is 10.4. The van der Waals surface area contributed by atoms with Crippen molar-refractivity contribution in [3.63, 3.8) is 0 Å². The number of nitrogens with two attached hydrogens (primary N) is 1. The molecule has 0 fully saturated rings. The van der Waals surface area contributed by atoms with E-state index in [9.17, 15) is 4.79 Å². The van der Waals surface area contributed by atoms with E-state index < -0.39 is 0 Å². The third-order valence-corrected chi connectivity index (χ3v) is 1.16. The van der Waals surface area contributed by atoms with Gasteiger partial charge in [-0.2, -0.15) is 5.11 Å². The molecule has 2 N–H and O–H groups in total. The Morgan fingerprint density at radius 1 is 1.30 bits per heavy atom. The Labute approximate surface area is 60.5 Å². The number of hydrogen-bond acceptors (Lipinski definition) is 3. The highest BCUT2D eigenvalue weighted by molar-refractivity contribution is 5.48. The molecule has 0 aliphatic heterocycles. The van der Waals surface area contributed by atoms with Crippen molar-refractivity contribution >= 4 is 6.29 Å². The third kappa shape index (κ3) is 7.07. The van der Waals surface area contributed by atoms with Gasteiger partial charge in [0, 0.05) is 6.42 Å². The summed E-state index contributed by atoms with van der Waals surface area (Å²) >= 11 is 0. The van der Waals surface area contributed by atoms with E-state index in [4.69, 9.17) is 5.84 Å². The molecule has 0 saturated heterocycles. The van der Waals surface area contributed by atoms with Crippen molar-refractivity contribution in [3.8, 4) is 0 Å². The summed E-state index contributed by atoms with van der Waals surface area (Å²) in [5, 5.41) is 6.69. The fraction of sp³-hybridized carbons (Fsp3) is 0.833. The van der Waals surface area contributed by atoms with Crippen molar-refractivity contribution in [1.82, 2.24) is 0 Å². The smallest absolute Gasteiger partial charge is 0.119 e. The fourth-order valence-corrected chi connectivity index (χ4v) is 0.645. The van der Waals surface area contributed by atoms with Crippen molar-refractivity contribution in [2.24, 2.45) is 16.2 Å². The van der Waals surface area contributed by atoms with Crippen LogP contribution in [-0.2, 0) is 4.79 Å². The van der Waals surface area contributed by atoms with Gasteiger partial charge in [0.05, 0.1) is 6.54 Å². The van der Waals surface area contributed by atoms with Crippen LogP contribution in [0.2, 0.25) is 0 Å². The largest absolute Gasteiger partial charge is 0.305 e. The predicted octanol–water partition coefficient (Wildman–Crippen LogP) is 1.07. The van der Waals surface area contributed by atoms with E-state index in [2.05, 4.69) is 10.3 Å². The molecule has 0 saturated carbocycles. The Morgan fingerprint density at radius 3 is 2.70 bits per heavy atom. The summed E-state index contributed by atoms with van der Waals surface area (Å²) < 4.78 is 0. The number of carbonyl (C=O) groups is 1. The molecule has 10 heavy (non-hydrogen) atoms. The van der Waals surface area contributed by atoms with E-state index in [1.165, 1.54) is 0 Å². The molecule has 0 bridgehead atoms. The lowest BCUT2D eigenvalue weighted by Crippen LogP contribution is -1.84. The Morgan fingerprint density at radius 2 is 2.10 bits per heavy atom. The van der Waals surface area contributed by atoms with E-state index in [-0.39, 0.29) is 0 Å².